The van der Waals surface area contributed by atoms with Crippen LogP contribution in [0.1, 0.15) is 41.7 Å². The van der Waals surface area contributed by atoms with Gasteiger partial charge in [0.15, 0.2) is 0 Å². The fourth-order valence-electron chi connectivity index (χ4n) is 3.64. The van der Waals surface area contributed by atoms with Gasteiger partial charge in [0, 0.05) is 13.7 Å². The molecule has 0 atom stereocenters. The van der Waals surface area contributed by atoms with Gasteiger partial charge in [-0.15, -0.1) is 0 Å². The molecule has 6 heteroatoms. The van der Waals surface area contributed by atoms with Crippen molar-refractivity contribution >= 4 is 22.6 Å². The van der Waals surface area contributed by atoms with Gasteiger partial charge < -0.3 is 20.3 Å². The van der Waals surface area contributed by atoms with Crippen LogP contribution in [0.4, 0.5) is 5.69 Å². The van der Waals surface area contributed by atoms with Gasteiger partial charge in [0.1, 0.15) is 11.3 Å². The highest BCUT2D eigenvalue weighted by Gasteiger charge is 2.24. The molecular weight excluding hydrogens is 320 g/mol. The van der Waals surface area contributed by atoms with Crippen molar-refractivity contribution in [2.45, 2.75) is 38.7 Å². The molecule has 25 heavy (non-hydrogen) atoms. The van der Waals surface area contributed by atoms with Gasteiger partial charge in [0.25, 0.3) is 0 Å². The summed E-state index contributed by atoms with van der Waals surface area (Å²) in [5, 5.41) is 10.0. The fraction of sp³-hybridized carbons (Fsp3) is 0.474. The number of fused-ring (bicyclic) bond motifs is 1. The number of nitrogen functional groups attached to an aromatic ring is 1. The monoisotopic (exact) mass is 344 g/mol. The Morgan fingerprint density at radius 3 is 2.68 bits per heavy atom. The van der Waals surface area contributed by atoms with Gasteiger partial charge in [-0.25, -0.2) is 4.79 Å². The summed E-state index contributed by atoms with van der Waals surface area (Å²) in [4.78, 5) is 15.9. The fourth-order valence-corrected chi connectivity index (χ4v) is 3.64. The summed E-state index contributed by atoms with van der Waals surface area (Å²) in [6.45, 7) is 2.45. The topological polar surface area (TPSA) is 94.7 Å². The summed E-state index contributed by atoms with van der Waals surface area (Å²) in [5.74, 6) is 0.129. The normalized spacial score (nSPS) is 20.6. The molecule has 0 amide bonds. The maximum atomic E-state index is 11.5. The molecule has 1 fully saturated rings. The van der Waals surface area contributed by atoms with Crippen LogP contribution in [0.25, 0.3) is 10.9 Å². The number of hydrogen-bond acceptors (Lipinski definition) is 5. The molecule has 1 aromatic heterocycles. The molecule has 3 N–H and O–H groups in total. The maximum absolute atomic E-state index is 11.5. The number of benzene rings is 1. The Balaban J connectivity index is 1.90. The first kappa shape index (κ1) is 17.5. The third kappa shape index (κ3) is 3.54. The summed E-state index contributed by atoms with van der Waals surface area (Å²) in [5.41, 5.74) is 7.51. The minimum Gasteiger partial charge on any atom is -0.490 e. The molecule has 1 heterocycles. The largest absolute Gasteiger partial charge is 0.490 e. The number of nitrogens with two attached hydrogens (primary N) is 1. The van der Waals surface area contributed by atoms with E-state index in [1.165, 1.54) is 0 Å². The molecule has 0 aliphatic heterocycles. The molecule has 0 bridgehead atoms. The molecule has 1 aromatic carbocycles. The minimum absolute atomic E-state index is 0.0485. The van der Waals surface area contributed by atoms with E-state index in [4.69, 9.17) is 15.2 Å². The van der Waals surface area contributed by atoms with Crippen molar-refractivity contribution in [3.63, 3.8) is 0 Å². The van der Waals surface area contributed by atoms with Crippen molar-refractivity contribution in [1.29, 1.82) is 0 Å². The minimum atomic E-state index is -1.07. The predicted molar refractivity (Wildman–Crippen MR) is 96.1 cm³/mol. The molecule has 0 radical (unpaired) electrons. The highest BCUT2D eigenvalue weighted by Crippen LogP contribution is 2.36. The van der Waals surface area contributed by atoms with E-state index >= 15 is 0 Å². The number of ether oxygens (including phenoxy) is 2. The second-order valence-corrected chi connectivity index (χ2v) is 6.66. The quantitative estimate of drug-likeness (QED) is 0.863. The first-order valence-electron chi connectivity index (χ1n) is 8.59. The van der Waals surface area contributed by atoms with Gasteiger partial charge in [0.2, 0.25) is 0 Å². The van der Waals surface area contributed by atoms with Crippen LogP contribution in [0.2, 0.25) is 0 Å². The number of methoxy groups -OCH3 is 1. The number of carboxylic acids is 1. The Labute approximate surface area is 146 Å². The number of hydrogen-bond donors (Lipinski definition) is 2. The zero-order valence-electron chi connectivity index (χ0n) is 14.6. The first-order chi connectivity index (χ1) is 12.0. The Bertz CT molecular complexity index is 783. The first-order valence-corrected chi connectivity index (χ1v) is 8.59. The zero-order valence-corrected chi connectivity index (χ0v) is 14.6. The Morgan fingerprint density at radius 2 is 2.04 bits per heavy atom. The Kier molecular flexibility index (Phi) is 5.08. The van der Waals surface area contributed by atoms with Gasteiger partial charge in [-0.1, -0.05) is 6.07 Å². The van der Waals surface area contributed by atoms with Crippen molar-refractivity contribution in [3.8, 4) is 5.75 Å². The lowest BCUT2D eigenvalue weighted by Crippen LogP contribution is -2.26. The van der Waals surface area contributed by atoms with E-state index in [0.717, 1.165) is 32.3 Å². The summed E-state index contributed by atoms with van der Waals surface area (Å²) < 4.78 is 11.4. The number of aryl methyl sites for hydroxylation is 1. The summed E-state index contributed by atoms with van der Waals surface area (Å²) in [6, 6.07) is 5.52. The molecule has 6 nitrogen and oxygen atoms in total. The molecule has 0 unspecified atom stereocenters. The van der Waals surface area contributed by atoms with Crippen molar-refractivity contribution in [1.82, 2.24) is 4.98 Å². The third-order valence-corrected chi connectivity index (χ3v) is 4.90. The van der Waals surface area contributed by atoms with Crippen LogP contribution < -0.4 is 10.5 Å². The number of carboxylic acid groups (broad SMARTS) is 1. The average Bonchev–Trinajstić information content (AvgIpc) is 2.56. The van der Waals surface area contributed by atoms with Gasteiger partial charge in [-0.3, -0.25) is 4.98 Å². The van der Waals surface area contributed by atoms with Gasteiger partial charge >= 0.3 is 5.97 Å². The number of rotatable bonds is 5. The lowest BCUT2D eigenvalue weighted by molar-refractivity contribution is 0.0697. The zero-order chi connectivity index (χ0) is 18.0. The number of pyridine rings is 1. The number of nitrogens with zero attached hydrogens (tertiary/aromatic N) is 1. The van der Waals surface area contributed by atoms with Crippen LogP contribution >= 0.6 is 0 Å². The van der Waals surface area contributed by atoms with E-state index in [-0.39, 0.29) is 17.4 Å². The van der Waals surface area contributed by atoms with Crippen LogP contribution in [-0.2, 0) is 4.74 Å². The molecule has 1 aliphatic rings. The summed E-state index contributed by atoms with van der Waals surface area (Å²) in [6.07, 6.45) is 4.14. The molecule has 1 aliphatic carbocycles. The molecular formula is C19H24N2O4. The van der Waals surface area contributed by atoms with Crippen molar-refractivity contribution in [2.24, 2.45) is 5.92 Å². The second-order valence-electron chi connectivity index (χ2n) is 6.66. The number of aromatic carboxylic acids is 1. The highest BCUT2D eigenvalue weighted by molar-refractivity contribution is 6.06. The number of aromatic nitrogens is 1. The van der Waals surface area contributed by atoms with Gasteiger partial charge in [0.05, 0.1) is 28.4 Å². The summed E-state index contributed by atoms with van der Waals surface area (Å²) in [7, 11) is 1.73. The second kappa shape index (κ2) is 7.27. The van der Waals surface area contributed by atoms with E-state index < -0.39 is 5.97 Å². The van der Waals surface area contributed by atoms with Crippen molar-refractivity contribution in [3.05, 3.63) is 29.5 Å². The molecule has 0 spiro atoms. The molecule has 0 saturated heterocycles. The smallest absolute Gasteiger partial charge is 0.339 e. The van der Waals surface area contributed by atoms with Gasteiger partial charge in [-0.05, 0) is 50.7 Å². The van der Waals surface area contributed by atoms with Crippen LogP contribution in [0, 0.1) is 12.8 Å². The predicted octanol–water partition coefficient (Wildman–Crippen LogP) is 3.41. The van der Waals surface area contributed by atoms with E-state index in [1.54, 1.807) is 14.0 Å². The Morgan fingerprint density at radius 1 is 1.32 bits per heavy atom. The standard InChI is InChI=1S/C19H24N2O4/c1-11-16(19(22)23)18(20)17-14(21-11)4-3-5-15(17)25-13-8-6-12(7-9-13)10-24-2/h3-5,12-13H,6-10H2,1-2H3,(H2,20,21)(H,22,23)/t12-,13-. The maximum Gasteiger partial charge on any atom is 0.339 e. The molecule has 134 valence electrons. The number of anilines is 1. The van der Waals surface area contributed by atoms with E-state index in [9.17, 15) is 9.90 Å². The highest BCUT2D eigenvalue weighted by atomic mass is 16.5. The van der Waals surface area contributed by atoms with Crippen LogP contribution in [0.5, 0.6) is 5.75 Å². The van der Waals surface area contributed by atoms with Crippen molar-refractivity contribution in [2.75, 3.05) is 19.5 Å². The SMILES string of the molecule is COC[C@H]1CC[C@H](Oc2cccc3nc(C)c(C(=O)O)c(N)c23)CC1. The van der Waals surface area contributed by atoms with Crippen LogP contribution in [-0.4, -0.2) is 35.9 Å². The Hall–Kier alpha value is -2.34. The molecule has 3 rings (SSSR count). The summed E-state index contributed by atoms with van der Waals surface area (Å²) >= 11 is 0. The average molecular weight is 344 g/mol. The van der Waals surface area contributed by atoms with E-state index in [2.05, 4.69) is 4.98 Å². The van der Waals surface area contributed by atoms with E-state index in [1.807, 2.05) is 18.2 Å². The lowest BCUT2D eigenvalue weighted by Gasteiger charge is -2.29. The third-order valence-electron chi connectivity index (χ3n) is 4.90. The molecule has 1 saturated carbocycles. The van der Waals surface area contributed by atoms with Crippen molar-refractivity contribution < 1.29 is 19.4 Å². The van der Waals surface area contributed by atoms with E-state index in [0.29, 0.717) is 28.3 Å². The lowest BCUT2D eigenvalue weighted by atomic mass is 9.88. The number of carbonyl (C=O) groups is 1. The molecule has 2 aromatic rings. The van der Waals surface area contributed by atoms with Crippen LogP contribution in [0.15, 0.2) is 18.2 Å². The van der Waals surface area contributed by atoms with Crippen LogP contribution in [0.3, 0.4) is 0 Å². The van der Waals surface area contributed by atoms with Gasteiger partial charge in [-0.2, -0.15) is 0 Å².